The van der Waals surface area contributed by atoms with Gasteiger partial charge in [-0.15, -0.1) is 0 Å². The van der Waals surface area contributed by atoms with E-state index < -0.39 is 4.92 Å². The Hall–Kier alpha value is -1.95. The van der Waals surface area contributed by atoms with E-state index in [1.807, 2.05) is 13.8 Å². The van der Waals surface area contributed by atoms with Gasteiger partial charge in [0.2, 0.25) is 0 Å². The average Bonchev–Trinajstić information content (AvgIpc) is 2.47. The van der Waals surface area contributed by atoms with Crippen molar-refractivity contribution in [2.45, 2.75) is 32.7 Å². The van der Waals surface area contributed by atoms with Crippen molar-refractivity contribution in [3.05, 3.63) is 39.9 Å². The van der Waals surface area contributed by atoms with Crippen molar-refractivity contribution in [1.82, 2.24) is 4.90 Å². The van der Waals surface area contributed by atoms with E-state index in [0.717, 1.165) is 12.8 Å². The van der Waals surface area contributed by atoms with Crippen LogP contribution in [0, 0.1) is 10.1 Å². The Labute approximate surface area is 118 Å². The van der Waals surface area contributed by atoms with E-state index in [9.17, 15) is 14.9 Å². The Morgan fingerprint density at radius 3 is 2.25 bits per heavy atom. The van der Waals surface area contributed by atoms with Crippen molar-refractivity contribution >= 4 is 11.6 Å². The fraction of sp³-hybridized carbons (Fsp3) is 0.500. The smallest absolute Gasteiger partial charge is 0.269 e. The van der Waals surface area contributed by atoms with Crippen LogP contribution in [0.15, 0.2) is 24.3 Å². The van der Waals surface area contributed by atoms with Crippen LogP contribution < -0.4 is 0 Å². The van der Waals surface area contributed by atoms with Crippen molar-refractivity contribution < 1.29 is 14.8 Å². The topological polar surface area (TPSA) is 83.7 Å². The number of nitrogens with zero attached hydrogens (tertiary/aromatic N) is 2. The molecular formula is C14H20N2O4. The second-order valence-corrected chi connectivity index (χ2v) is 4.50. The number of amides is 1. The first-order valence-corrected chi connectivity index (χ1v) is 6.71. The molecule has 0 aliphatic rings. The van der Waals surface area contributed by atoms with Crippen LogP contribution >= 0.6 is 0 Å². The first kappa shape index (κ1) is 16.1. The number of nitro groups is 1. The molecule has 0 saturated carbocycles. The molecule has 1 aromatic rings. The highest BCUT2D eigenvalue weighted by Crippen LogP contribution is 2.16. The lowest BCUT2D eigenvalue weighted by atomic mass is 10.1. The third-order valence-electron chi connectivity index (χ3n) is 3.31. The van der Waals surface area contributed by atoms with Crippen LogP contribution in [0.1, 0.15) is 37.0 Å². The zero-order valence-electron chi connectivity index (χ0n) is 11.8. The first-order chi connectivity index (χ1) is 9.54. The number of rotatable bonds is 7. The van der Waals surface area contributed by atoms with Crippen LogP contribution in [-0.4, -0.2) is 40.0 Å². The highest BCUT2D eigenvalue weighted by molar-refractivity contribution is 5.94. The molecule has 0 fully saturated rings. The number of hydrogen-bond acceptors (Lipinski definition) is 4. The van der Waals surface area contributed by atoms with Gasteiger partial charge in [-0.3, -0.25) is 14.9 Å². The molecule has 1 rings (SSSR count). The second-order valence-electron chi connectivity index (χ2n) is 4.50. The molecule has 0 aliphatic heterocycles. The Balaban J connectivity index is 2.96. The molecule has 1 amide bonds. The van der Waals surface area contributed by atoms with Gasteiger partial charge < -0.3 is 10.0 Å². The molecule has 0 saturated heterocycles. The molecule has 110 valence electrons. The highest BCUT2D eigenvalue weighted by Gasteiger charge is 2.22. The Bertz CT molecular complexity index is 455. The van der Waals surface area contributed by atoms with Crippen LogP contribution in [0.3, 0.4) is 0 Å². The highest BCUT2D eigenvalue weighted by atomic mass is 16.6. The van der Waals surface area contributed by atoms with E-state index in [1.165, 1.54) is 24.3 Å². The van der Waals surface area contributed by atoms with E-state index in [0.29, 0.717) is 5.56 Å². The van der Waals surface area contributed by atoms with Crippen molar-refractivity contribution in [3.8, 4) is 0 Å². The molecule has 0 aromatic heterocycles. The van der Waals surface area contributed by atoms with E-state index >= 15 is 0 Å². The number of carbonyl (C=O) groups excluding carboxylic acids is 1. The maximum Gasteiger partial charge on any atom is 0.269 e. The third-order valence-corrected chi connectivity index (χ3v) is 3.31. The predicted octanol–water partition coefficient (Wildman–Crippen LogP) is 2.22. The first-order valence-electron chi connectivity index (χ1n) is 6.71. The fourth-order valence-electron chi connectivity index (χ4n) is 2.18. The number of hydrogen-bond donors (Lipinski definition) is 1. The minimum absolute atomic E-state index is 0.0437. The van der Waals surface area contributed by atoms with Crippen LogP contribution in [0.2, 0.25) is 0 Å². The summed E-state index contributed by atoms with van der Waals surface area (Å²) >= 11 is 0. The molecule has 0 bridgehead atoms. The SMILES string of the molecule is CCC(CC)N(CCO)C(=O)c1ccc([N+](=O)[O-])cc1. The standard InChI is InChI=1S/C14H20N2O4/c1-3-12(4-2)15(9-10-17)14(18)11-5-7-13(8-6-11)16(19)20/h5-8,12,17H,3-4,9-10H2,1-2H3. The van der Waals surface area contributed by atoms with Crippen molar-refractivity contribution in [2.75, 3.05) is 13.2 Å². The molecule has 0 heterocycles. The molecule has 6 nitrogen and oxygen atoms in total. The lowest BCUT2D eigenvalue weighted by Crippen LogP contribution is -2.41. The maximum absolute atomic E-state index is 12.4. The largest absolute Gasteiger partial charge is 0.395 e. The van der Waals surface area contributed by atoms with Gasteiger partial charge in [0.15, 0.2) is 0 Å². The minimum Gasteiger partial charge on any atom is -0.395 e. The van der Waals surface area contributed by atoms with Gasteiger partial charge in [0.1, 0.15) is 0 Å². The molecule has 1 N–H and O–H groups in total. The van der Waals surface area contributed by atoms with Gasteiger partial charge in [0, 0.05) is 30.3 Å². The van der Waals surface area contributed by atoms with Gasteiger partial charge in [-0.1, -0.05) is 13.8 Å². The van der Waals surface area contributed by atoms with Crippen LogP contribution in [0.4, 0.5) is 5.69 Å². The summed E-state index contributed by atoms with van der Waals surface area (Å²) in [5.41, 5.74) is 0.355. The number of non-ortho nitro benzene ring substituents is 1. The number of aliphatic hydroxyl groups excluding tert-OH is 1. The summed E-state index contributed by atoms with van der Waals surface area (Å²) in [6, 6.07) is 5.60. The number of benzene rings is 1. The quantitative estimate of drug-likeness (QED) is 0.613. The minimum atomic E-state index is -0.499. The molecule has 1 aromatic carbocycles. The Kier molecular flexibility index (Phi) is 6.11. The van der Waals surface area contributed by atoms with Gasteiger partial charge in [-0.25, -0.2) is 0 Å². The second kappa shape index (κ2) is 7.59. The summed E-state index contributed by atoms with van der Waals surface area (Å²) in [5.74, 6) is -0.206. The Morgan fingerprint density at radius 1 is 1.30 bits per heavy atom. The van der Waals surface area contributed by atoms with Gasteiger partial charge in [0.05, 0.1) is 11.5 Å². The molecule has 20 heavy (non-hydrogen) atoms. The van der Waals surface area contributed by atoms with Gasteiger partial charge in [-0.2, -0.15) is 0 Å². The fourth-order valence-corrected chi connectivity index (χ4v) is 2.18. The van der Waals surface area contributed by atoms with E-state index in [1.54, 1.807) is 4.90 Å². The lowest BCUT2D eigenvalue weighted by molar-refractivity contribution is -0.384. The van der Waals surface area contributed by atoms with Crippen molar-refractivity contribution in [3.63, 3.8) is 0 Å². The zero-order chi connectivity index (χ0) is 15.1. The van der Waals surface area contributed by atoms with Crippen LogP contribution in [-0.2, 0) is 0 Å². The monoisotopic (exact) mass is 280 g/mol. The van der Waals surface area contributed by atoms with Crippen molar-refractivity contribution in [2.24, 2.45) is 0 Å². The molecule has 0 aliphatic carbocycles. The summed E-state index contributed by atoms with van der Waals surface area (Å²) in [6.07, 6.45) is 1.60. The predicted molar refractivity (Wildman–Crippen MR) is 75.6 cm³/mol. The van der Waals surface area contributed by atoms with Crippen LogP contribution in [0.5, 0.6) is 0 Å². The summed E-state index contributed by atoms with van der Waals surface area (Å²) < 4.78 is 0. The molecule has 0 radical (unpaired) electrons. The summed E-state index contributed by atoms with van der Waals surface area (Å²) in [7, 11) is 0. The lowest BCUT2D eigenvalue weighted by Gasteiger charge is -2.30. The average molecular weight is 280 g/mol. The van der Waals surface area contributed by atoms with Gasteiger partial charge >= 0.3 is 0 Å². The zero-order valence-corrected chi connectivity index (χ0v) is 11.8. The molecule has 0 spiro atoms. The van der Waals surface area contributed by atoms with E-state index in [2.05, 4.69) is 0 Å². The maximum atomic E-state index is 12.4. The van der Waals surface area contributed by atoms with Crippen LogP contribution in [0.25, 0.3) is 0 Å². The molecule has 6 heteroatoms. The summed E-state index contributed by atoms with van der Waals surface area (Å²) in [4.78, 5) is 24.1. The molecule has 0 atom stereocenters. The number of nitro benzene ring substituents is 1. The number of aliphatic hydroxyl groups is 1. The number of carbonyl (C=O) groups is 1. The summed E-state index contributed by atoms with van der Waals surface area (Å²) in [6.45, 7) is 4.14. The van der Waals surface area contributed by atoms with Gasteiger partial charge in [-0.05, 0) is 25.0 Å². The van der Waals surface area contributed by atoms with Gasteiger partial charge in [0.25, 0.3) is 11.6 Å². The van der Waals surface area contributed by atoms with E-state index in [4.69, 9.17) is 5.11 Å². The molecule has 0 unspecified atom stereocenters. The Morgan fingerprint density at radius 2 is 1.85 bits per heavy atom. The van der Waals surface area contributed by atoms with Crippen molar-refractivity contribution in [1.29, 1.82) is 0 Å². The molecular weight excluding hydrogens is 260 g/mol. The third kappa shape index (κ3) is 3.77. The normalized spacial score (nSPS) is 10.6. The van der Waals surface area contributed by atoms with E-state index in [-0.39, 0.29) is 30.8 Å². The summed E-state index contributed by atoms with van der Waals surface area (Å²) in [5, 5.41) is 19.7.